The molecule has 2 nitrogen and oxygen atoms in total. The van der Waals surface area contributed by atoms with Crippen LogP contribution in [0.2, 0.25) is 0 Å². The van der Waals surface area contributed by atoms with E-state index in [2.05, 4.69) is 49.2 Å². The lowest BCUT2D eigenvalue weighted by atomic mass is 10.0. The molecule has 1 rings (SSSR count). The van der Waals surface area contributed by atoms with Crippen molar-refractivity contribution in [1.29, 1.82) is 0 Å². The monoisotopic (exact) mass is 221 g/mol. The molecule has 0 bridgehead atoms. The van der Waals surface area contributed by atoms with Crippen LogP contribution in [0, 0.1) is 0 Å². The Labute approximate surface area is 98.9 Å². The first-order valence-electron chi connectivity index (χ1n) is 6.13. The molecule has 0 heterocycles. The molecule has 0 spiro atoms. The van der Waals surface area contributed by atoms with Gasteiger partial charge in [0.2, 0.25) is 0 Å². The van der Waals surface area contributed by atoms with Crippen LogP contribution >= 0.6 is 0 Å². The summed E-state index contributed by atoms with van der Waals surface area (Å²) in [4.78, 5) is 2.35. The highest BCUT2D eigenvalue weighted by molar-refractivity contribution is 5.15. The van der Waals surface area contributed by atoms with Crippen molar-refractivity contribution in [2.45, 2.75) is 32.2 Å². The Bertz CT molecular complexity index is 273. The van der Waals surface area contributed by atoms with Gasteiger partial charge in [0.05, 0.1) is 0 Å². The van der Waals surface area contributed by atoms with Crippen LogP contribution in [0.15, 0.2) is 30.3 Å². The fourth-order valence-corrected chi connectivity index (χ4v) is 2.00. The molecular weight excluding hydrogens is 198 g/mol. The molecule has 0 aliphatic heterocycles. The first-order valence-corrected chi connectivity index (χ1v) is 6.13. The van der Waals surface area contributed by atoms with Gasteiger partial charge in [-0.1, -0.05) is 37.3 Å². The summed E-state index contributed by atoms with van der Waals surface area (Å²) in [5, 5.41) is 8.83. The van der Waals surface area contributed by atoms with Crippen molar-refractivity contribution in [3.63, 3.8) is 0 Å². The molecule has 0 amide bonds. The van der Waals surface area contributed by atoms with E-state index in [4.69, 9.17) is 5.11 Å². The standard InChI is InChI=1S/C14H23NO/c1-3-14(15(2)10-7-11-16)12-13-8-5-4-6-9-13/h4-6,8-9,14,16H,3,7,10-12H2,1-2H3. The van der Waals surface area contributed by atoms with Crippen LogP contribution in [0.25, 0.3) is 0 Å². The summed E-state index contributed by atoms with van der Waals surface area (Å²) in [5.41, 5.74) is 1.39. The molecule has 0 aromatic heterocycles. The Balaban J connectivity index is 2.48. The maximum Gasteiger partial charge on any atom is 0.0443 e. The van der Waals surface area contributed by atoms with Gasteiger partial charge in [-0.25, -0.2) is 0 Å². The minimum absolute atomic E-state index is 0.284. The second-order valence-electron chi connectivity index (χ2n) is 4.31. The van der Waals surface area contributed by atoms with E-state index in [9.17, 15) is 0 Å². The summed E-state index contributed by atoms with van der Waals surface area (Å²) in [6.07, 6.45) is 3.11. The third-order valence-corrected chi connectivity index (χ3v) is 3.08. The lowest BCUT2D eigenvalue weighted by Gasteiger charge is -2.27. The molecule has 0 radical (unpaired) electrons. The first kappa shape index (κ1) is 13.2. The van der Waals surface area contributed by atoms with Crippen molar-refractivity contribution < 1.29 is 5.11 Å². The van der Waals surface area contributed by atoms with Crippen molar-refractivity contribution >= 4 is 0 Å². The van der Waals surface area contributed by atoms with Crippen molar-refractivity contribution in [3.8, 4) is 0 Å². The SMILES string of the molecule is CCC(Cc1ccccc1)N(C)CCCO. The fourth-order valence-electron chi connectivity index (χ4n) is 2.00. The van der Waals surface area contributed by atoms with Gasteiger partial charge in [-0.15, -0.1) is 0 Å². The van der Waals surface area contributed by atoms with Crippen LogP contribution in [-0.2, 0) is 6.42 Å². The predicted octanol–water partition coefficient (Wildman–Crippen LogP) is 2.32. The van der Waals surface area contributed by atoms with Crippen molar-refractivity contribution in [1.82, 2.24) is 4.90 Å². The number of aliphatic hydroxyl groups excluding tert-OH is 1. The maximum atomic E-state index is 8.83. The van der Waals surface area contributed by atoms with Crippen LogP contribution in [0.1, 0.15) is 25.3 Å². The van der Waals surface area contributed by atoms with Crippen LogP contribution in [0.3, 0.4) is 0 Å². The van der Waals surface area contributed by atoms with Gasteiger partial charge in [-0.3, -0.25) is 0 Å². The normalized spacial score (nSPS) is 13.0. The molecule has 0 saturated heterocycles. The molecule has 0 aliphatic carbocycles. The van der Waals surface area contributed by atoms with E-state index >= 15 is 0 Å². The minimum atomic E-state index is 0.284. The molecule has 1 unspecified atom stereocenters. The minimum Gasteiger partial charge on any atom is -0.396 e. The summed E-state index contributed by atoms with van der Waals surface area (Å²) in [6.45, 7) is 3.48. The van der Waals surface area contributed by atoms with Gasteiger partial charge in [-0.2, -0.15) is 0 Å². The van der Waals surface area contributed by atoms with Crippen molar-refractivity contribution in [2.75, 3.05) is 20.2 Å². The smallest absolute Gasteiger partial charge is 0.0443 e. The molecule has 1 aromatic carbocycles. The highest BCUT2D eigenvalue weighted by Crippen LogP contribution is 2.10. The van der Waals surface area contributed by atoms with E-state index in [0.29, 0.717) is 6.04 Å². The maximum absolute atomic E-state index is 8.83. The van der Waals surface area contributed by atoms with E-state index in [-0.39, 0.29) is 6.61 Å². The second-order valence-corrected chi connectivity index (χ2v) is 4.31. The number of aliphatic hydroxyl groups is 1. The second kappa shape index (κ2) is 7.42. The zero-order valence-corrected chi connectivity index (χ0v) is 10.4. The Hall–Kier alpha value is -0.860. The Morgan fingerprint density at radius 1 is 1.25 bits per heavy atom. The molecule has 2 heteroatoms. The largest absolute Gasteiger partial charge is 0.396 e. The summed E-state index contributed by atoms with van der Waals surface area (Å²) >= 11 is 0. The van der Waals surface area contributed by atoms with E-state index in [0.717, 1.165) is 25.8 Å². The Morgan fingerprint density at radius 2 is 1.94 bits per heavy atom. The molecule has 0 saturated carbocycles. The summed E-state index contributed by atoms with van der Waals surface area (Å²) in [7, 11) is 2.15. The van der Waals surface area contributed by atoms with Crippen molar-refractivity contribution in [2.24, 2.45) is 0 Å². The molecule has 1 atom stereocenters. The average Bonchev–Trinajstić information content (AvgIpc) is 2.34. The molecule has 0 aliphatic rings. The van der Waals surface area contributed by atoms with E-state index in [1.807, 2.05) is 0 Å². The van der Waals surface area contributed by atoms with Crippen LogP contribution < -0.4 is 0 Å². The first-order chi connectivity index (χ1) is 7.77. The van der Waals surface area contributed by atoms with Crippen molar-refractivity contribution in [3.05, 3.63) is 35.9 Å². The van der Waals surface area contributed by atoms with E-state index in [1.165, 1.54) is 5.56 Å². The number of benzene rings is 1. The summed E-state index contributed by atoms with van der Waals surface area (Å²) < 4.78 is 0. The Kier molecular flexibility index (Phi) is 6.12. The number of hydrogen-bond donors (Lipinski definition) is 1. The highest BCUT2D eigenvalue weighted by Gasteiger charge is 2.12. The molecule has 90 valence electrons. The number of likely N-dealkylation sites (N-methyl/N-ethyl adjacent to an activating group) is 1. The van der Waals surface area contributed by atoms with Gasteiger partial charge in [0.25, 0.3) is 0 Å². The highest BCUT2D eigenvalue weighted by atomic mass is 16.3. The van der Waals surface area contributed by atoms with Gasteiger partial charge in [0.1, 0.15) is 0 Å². The van der Waals surface area contributed by atoms with Gasteiger partial charge in [0, 0.05) is 19.2 Å². The van der Waals surface area contributed by atoms with E-state index in [1.54, 1.807) is 0 Å². The van der Waals surface area contributed by atoms with Gasteiger partial charge < -0.3 is 10.0 Å². The zero-order valence-electron chi connectivity index (χ0n) is 10.4. The summed E-state index contributed by atoms with van der Waals surface area (Å²) in [6, 6.07) is 11.2. The predicted molar refractivity (Wildman–Crippen MR) is 68.6 cm³/mol. The zero-order chi connectivity index (χ0) is 11.8. The average molecular weight is 221 g/mol. The van der Waals surface area contributed by atoms with Gasteiger partial charge in [-0.05, 0) is 31.9 Å². The molecule has 1 N–H and O–H groups in total. The quantitative estimate of drug-likeness (QED) is 0.764. The van der Waals surface area contributed by atoms with Crippen LogP contribution in [-0.4, -0.2) is 36.2 Å². The third-order valence-electron chi connectivity index (χ3n) is 3.08. The number of rotatable bonds is 7. The molecular formula is C14H23NO. The third kappa shape index (κ3) is 4.33. The fraction of sp³-hybridized carbons (Fsp3) is 0.571. The van der Waals surface area contributed by atoms with Gasteiger partial charge in [0.15, 0.2) is 0 Å². The molecule has 16 heavy (non-hydrogen) atoms. The molecule has 0 fully saturated rings. The molecule has 1 aromatic rings. The van der Waals surface area contributed by atoms with E-state index < -0.39 is 0 Å². The number of hydrogen-bond acceptors (Lipinski definition) is 2. The lowest BCUT2D eigenvalue weighted by Crippen LogP contribution is -2.34. The Morgan fingerprint density at radius 3 is 2.50 bits per heavy atom. The van der Waals surface area contributed by atoms with Gasteiger partial charge >= 0.3 is 0 Å². The lowest BCUT2D eigenvalue weighted by molar-refractivity contribution is 0.201. The number of nitrogens with zero attached hydrogens (tertiary/aromatic N) is 1. The summed E-state index contributed by atoms with van der Waals surface area (Å²) in [5.74, 6) is 0. The van der Waals surface area contributed by atoms with Crippen LogP contribution in [0.5, 0.6) is 0 Å². The van der Waals surface area contributed by atoms with Crippen LogP contribution in [0.4, 0.5) is 0 Å². The topological polar surface area (TPSA) is 23.5 Å².